The number of methoxy groups -OCH3 is 2. The Hall–Kier alpha value is -4.25. The summed E-state index contributed by atoms with van der Waals surface area (Å²) in [7, 11) is 2.82. The van der Waals surface area contributed by atoms with Crippen molar-refractivity contribution in [3.05, 3.63) is 67.7 Å². The topological polar surface area (TPSA) is 136 Å². The van der Waals surface area contributed by atoms with Crippen LogP contribution in [0.15, 0.2) is 41.2 Å². The predicted octanol–water partition coefficient (Wildman–Crippen LogP) is 0.156. The Morgan fingerprint density at radius 3 is 2.33 bits per heavy atom. The number of hydrogen-bond donors (Lipinski definition) is 2. The van der Waals surface area contributed by atoms with Crippen LogP contribution in [0.2, 0.25) is 0 Å². The molecule has 168 valence electrons. The van der Waals surface area contributed by atoms with Crippen LogP contribution in [0, 0.1) is 5.41 Å². The molecule has 1 aromatic rings. The first-order chi connectivity index (χ1) is 15.8. The lowest BCUT2D eigenvalue weighted by Gasteiger charge is -2.13. The zero-order chi connectivity index (χ0) is 23.7. The third-order valence-electron chi connectivity index (χ3n) is 4.66. The van der Waals surface area contributed by atoms with Crippen molar-refractivity contribution in [2.45, 2.75) is 6.92 Å². The van der Waals surface area contributed by atoms with Crippen molar-refractivity contribution >= 4 is 34.7 Å². The molecule has 0 saturated carbocycles. The maximum absolute atomic E-state index is 12.7. The Kier molecular flexibility index (Phi) is 5.80. The number of nitrogens with zero attached hydrogens (tertiary/aromatic N) is 2. The Morgan fingerprint density at radius 1 is 1.12 bits per heavy atom. The van der Waals surface area contributed by atoms with E-state index in [-0.39, 0.29) is 33.7 Å². The number of hydrogen-bond acceptors (Lipinski definition) is 9. The number of aromatic amines is 1. The molecule has 1 aromatic carbocycles. The van der Waals surface area contributed by atoms with Crippen LogP contribution in [0.4, 0.5) is 0 Å². The van der Waals surface area contributed by atoms with Crippen LogP contribution < -0.4 is 35.1 Å². The smallest absolute Gasteiger partial charge is 0.308 e. The second kappa shape index (κ2) is 8.71. The summed E-state index contributed by atoms with van der Waals surface area (Å²) in [5.41, 5.74) is 0.528. The molecule has 0 fully saturated rings. The number of allylic oxidation sites excluding steroid dienone is 4. The van der Waals surface area contributed by atoms with Crippen LogP contribution in [-0.2, 0) is 9.59 Å². The first-order valence-electron chi connectivity index (χ1n) is 9.58. The summed E-state index contributed by atoms with van der Waals surface area (Å²) in [4.78, 5) is 39.6. The van der Waals surface area contributed by atoms with Crippen molar-refractivity contribution in [1.82, 2.24) is 14.8 Å². The van der Waals surface area contributed by atoms with Gasteiger partial charge in [0.15, 0.2) is 22.8 Å². The molecule has 0 saturated heterocycles. The SMILES string of the molecule is COc1cc(C=c2c(=O)nc3sc(=C4C=CC(=O)C=C4)[nH]n-3c2=N)cc(OC)c1OC(C)=O. The highest BCUT2D eigenvalue weighted by Crippen LogP contribution is 2.38. The van der Waals surface area contributed by atoms with Crippen LogP contribution in [0.1, 0.15) is 12.5 Å². The number of carbonyl (C=O) groups excluding carboxylic acids is 2. The number of ketones is 1. The normalized spacial score (nSPS) is 13.6. The highest BCUT2D eigenvalue weighted by atomic mass is 32.1. The summed E-state index contributed by atoms with van der Waals surface area (Å²) in [6.45, 7) is 1.26. The van der Waals surface area contributed by atoms with Gasteiger partial charge in [-0.05, 0) is 48.1 Å². The van der Waals surface area contributed by atoms with Crippen molar-refractivity contribution in [2.75, 3.05) is 14.2 Å². The molecule has 0 bridgehead atoms. The number of fused-ring (bicyclic) bond motifs is 1. The number of ether oxygens (including phenoxy) is 3. The van der Waals surface area contributed by atoms with E-state index in [2.05, 4.69) is 10.1 Å². The van der Waals surface area contributed by atoms with Gasteiger partial charge in [-0.15, -0.1) is 0 Å². The summed E-state index contributed by atoms with van der Waals surface area (Å²) in [6, 6.07) is 3.11. The van der Waals surface area contributed by atoms with Crippen molar-refractivity contribution in [1.29, 1.82) is 5.41 Å². The first-order valence-corrected chi connectivity index (χ1v) is 10.4. The van der Waals surface area contributed by atoms with Crippen LogP contribution in [-0.4, -0.2) is 40.7 Å². The molecular weight excluding hydrogens is 448 g/mol. The van der Waals surface area contributed by atoms with Gasteiger partial charge < -0.3 is 14.2 Å². The molecule has 33 heavy (non-hydrogen) atoms. The number of benzene rings is 1. The fourth-order valence-corrected chi connectivity index (χ4v) is 4.09. The summed E-state index contributed by atoms with van der Waals surface area (Å²) in [5.74, 6) is -0.0965. The molecule has 2 aliphatic heterocycles. The molecule has 10 nitrogen and oxygen atoms in total. The van der Waals surface area contributed by atoms with E-state index >= 15 is 0 Å². The average Bonchev–Trinajstić information content (AvgIpc) is 3.21. The zero-order valence-electron chi connectivity index (χ0n) is 17.8. The van der Waals surface area contributed by atoms with Gasteiger partial charge in [0.1, 0.15) is 4.66 Å². The lowest BCUT2D eigenvalue weighted by molar-refractivity contribution is -0.132. The number of nitrogens with one attached hydrogen (secondary N) is 2. The molecule has 2 heterocycles. The third-order valence-corrected chi connectivity index (χ3v) is 5.65. The lowest BCUT2D eigenvalue weighted by Crippen LogP contribution is -2.47. The van der Waals surface area contributed by atoms with E-state index in [0.29, 0.717) is 15.4 Å². The number of H-pyrrole nitrogens is 1. The van der Waals surface area contributed by atoms with E-state index in [1.165, 1.54) is 55.4 Å². The Morgan fingerprint density at radius 2 is 1.76 bits per heavy atom. The number of rotatable bonds is 4. The molecule has 0 spiro atoms. The predicted molar refractivity (Wildman–Crippen MR) is 119 cm³/mol. The largest absolute Gasteiger partial charge is 0.493 e. The van der Waals surface area contributed by atoms with E-state index in [0.717, 1.165) is 5.57 Å². The van der Waals surface area contributed by atoms with Crippen molar-refractivity contribution in [2.24, 2.45) is 0 Å². The monoisotopic (exact) mass is 466 g/mol. The maximum Gasteiger partial charge on any atom is 0.308 e. The first kappa shape index (κ1) is 22.0. The van der Waals surface area contributed by atoms with Crippen LogP contribution >= 0.6 is 11.3 Å². The van der Waals surface area contributed by atoms with E-state index in [9.17, 15) is 14.4 Å². The van der Waals surface area contributed by atoms with Crippen LogP contribution in [0.3, 0.4) is 0 Å². The van der Waals surface area contributed by atoms with Gasteiger partial charge in [-0.3, -0.25) is 24.9 Å². The zero-order valence-corrected chi connectivity index (χ0v) is 18.6. The van der Waals surface area contributed by atoms with Gasteiger partial charge >= 0.3 is 5.97 Å². The van der Waals surface area contributed by atoms with Gasteiger partial charge in [-0.1, -0.05) is 11.3 Å². The van der Waals surface area contributed by atoms with Crippen LogP contribution in [0.25, 0.3) is 16.8 Å². The molecule has 3 aliphatic rings. The molecule has 4 rings (SSSR count). The van der Waals surface area contributed by atoms with Gasteiger partial charge in [0, 0.05) is 12.5 Å². The highest BCUT2D eigenvalue weighted by Gasteiger charge is 2.17. The molecule has 0 unspecified atom stereocenters. The van der Waals surface area contributed by atoms with E-state index in [1.54, 1.807) is 24.3 Å². The summed E-state index contributed by atoms with van der Waals surface area (Å²) in [6.07, 6.45) is 7.66. The minimum Gasteiger partial charge on any atom is -0.493 e. The molecule has 1 aliphatic carbocycles. The van der Waals surface area contributed by atoms with Gasteiger partial charge in [0.05, 0.1) is 19.4 Å². The lowest BCUT2D eigenvalue weighted by atomic mass is 10.1. The van der Waals surface area contributed by atoms with Gasteiger partial charge in [-0.25, -0.2) is 4.68 Å². The van der Waals surface area contributed by atoms with E-state index in [1.807, 2.05) is 0 Å². The fraction of sp³-hybridized carbons (Fsp3) is 0.136. The van der Waals surface area contributed by atoms with Gasteiger partial charge in [0.25, 0.3) is 5.56 Å². The quantitative estimate of drug-likeness (QED) is 0.413. The van der Waals surface area contributed by atoms with Crippen molar-refractivity contribution in [3.8, 4) is 22.4 Å². The standard InChI is InChI=1S/C22H18N4O6S/c1-11(27)32-18-16(30-2)9-12(10-17(18)31-3)8-15-19(23)26-22(24-20(15)29)33-21(25-26)13-4-6-14(28)7-5-13/h4-10,23,25H,1-3H3. The highest BCUT2D eigenvalue weighted by molar-refractivity contribution is 7.11. The Balaban J connectivity index is 1.92. The summed E-state index contributed by atoms with van der Waals surface area (Å²) >= 11 is 1.19. The summed E-state index contributed by atoms with van der Waals surface area (Å²) in [5, 5.41) is 11.9. The molecule has 2 N–H and O–H groups in total. The average molecular weight is 466 g/mol. The minimum absolute atomic E-state index is 0.0346. The molecule has 11 heteroatoms. The van der Waals surface area contributed by atoms with Gasteiger partial charge in [-0.2, -0.15) is 4.98 Å². The van der Waals surface area contributed by atoms with Crippen molar-refractivity contribution < 1.29 is 23.8 Å². The molecule has 0 amide bonds. The van der Waals surface area contributed by atoms with E-state index in [4.69, 9.17) is 19.6 Å². The number of esters is 1. The van der Waals surface area contributed by atoms with E-state index < -0.39 is 11.5 Å². The second-order valence-corrected chi connectivity index (χ2v) is 7.83. The van der Waals surface area contributed by atoms with Crippen molar-refractivity contribution in [3.63, 3.8) is 0 Å². The molecular formula is C22H18N4O6S. The van der Waals surface area contributed by atoms with Crippen LogP contribution in [0.5, 0.6) is 17.2 Å². The second-order valence-electron chi connectivity index (χ2n) is 6.86. The Labute approximate surface area is 190 Å². The van der Waals surface area contributed by atoms with Gasteiger partial charge in [0.2, 0.25) is 10.9 Å². The number of aromatic nitrogens is 3. The molecule has 0 aromatic heterocycles. The third kappa shape index (κ3) is 4.26. The fourth-order valence-electron chi connectivity index (χ4n) is 3.16. The number of carbonyl (C=O) groups is 2. The Bertz CT molecular complexity index is 1510. The molecule has 0 radical (unpaired) electrons. The summed E-state index contributed by atoms with van der Waals surface area (Å²) < 4.78 is 17.8. The maximum atomic E-state index is 12.7. The minimum atomic E-state index is -0.585. The molecule has 0 atom stereocenters.